The largest absolute Gasteiger partial charge is 0.292 e. The van der Waals surface area contributed by atoms with Crippen LogP contribution in [0.15, 0.2) is 24.4 Å². The van der Waals surface area contributed by atoms with Crippen LogP contribution >= 0.6 is 0 Å². The Bertz CT molecular complexity index is 572. The van der Waals surface area contributed by atoms with E-state index in [2.05, 4.69) is 17.0 Å². The summed E-state index contributed by atoms with van der Waals surface area (Å²) in [5.74, 6) is 0.0318. The molecule has 0 N–H and O–H groups in total. The van der Waals surface area contributed by atoms with Crippen LogP contribution < -0.4 is 0 Å². The van der Waals surface area contributed by atoms with Crippen LogP contribution in [0.4, 0.5) is 0 Å². The van der Waals surface area contributed by atoms with Crippen molar-refractivity contribution in [1.29, 1.82) is 0 Å². The average Bonchev–Trinajstić information content (AvgIpc) is 2.70. The van der Waals surface area contributed by atoms with E-state index >= 15 is 0 Å². The molecule has 0 atom stereocenters. The van der Waals surface area contributed by atoms with Gasteiger partial charge in [-0.25, -0.2) is 0 Å². The first-order valence-electron chi connectivity index (χ1n) is 6.07. The minimum atomic E-state index is 0.0318. The topological polar surface area (TPSA) is 47.8 Å². The van der Waals surface area contributed by atoms with Crippen LogP contribution in [0.25, 0.3) is 0 Å². The van der Waals surface area contributed by atoms with Crippen molar-refractivity contribution in [3.63, 3.8) is 0 Å². The maximum absolute atomic E-state index is 12.1. The first-order valence-corrected chi connectivity index (χ1v) is 6.07. The van der Waals surface area contributed by atoms with E-state index in [4.69, 9.17) is 0 Å². The fourth-order valence-corrected chi connectivity index (χ4v) is 1.85. The Balaban J connectivity index is 2.18. The van der Waals surface area contributed by atoms with Crippen LogP contribution in [0.2, 0.25) is 0 Å². The number of carbonyl (C=O) groups is 1. The summed E-state index contributed by atoms with van der Waals surface area (Å²) >= 11 is 0. The van der Waals surface area contributed by atoms with Crippen molar-refractivity contribution in [3.05, 3.63) is 47.0 Å². The summed E-state index contributed by atoms with van der Waals surface area (Å²) in [5, 5.41) is 4.34. The van der Waals surface area contributed by atoms with Gasteiger partial charge in [0.15, 0.2) is 5.78 Å². The molecule has 0 aromatic carbocycles. The number of nitrogens with zero attached hydrogens (tertiary/aromatic N) is 3. The number of hydrogen-bond donors (Lipinski definition) is 0. The molecule has 0 unspecified atom stereocenters. The lowest BCUT2D eigenvalue weighted by Gasteiger charge is -2.02. The maximum atomic E-state index is 12.1. The SMILES string of the molecule is CCc1cc(CC(=O)c2cc(C)ccn2)n(C)n1. The van der Waals surface area contributed by atoms with E-state index in [0.29, 0.717) is 12.1 Å². The summed E-state index contributed by atoms with van der Waals surface area (Å²) in [6.45, 7) is 4.01. The van der Waals surface area contributed by atoms with Crippen molar-refractivity contribution in [2.45, 2.75) is 26.7 Å². The van der Waals surface area contributed by atoms with E-state index in [9.17, 15) is 4.79 Å². The molecule has 0 saturated heterocycles. The number of aromatic nitrogens is 3. The Morgan fingerprint density at radius 2 is 2.17 bits per heavy atom. The number of carbonyl (C=O) groups excluding carboxylic acids is 1. The number of pyridine rings is 1. The van der Waals surface area contributed by atoms with Gasteiger partial charge in [-0.2, -0.15) is 5.10 Å². The van der Waals surface area contributed by atoms with E-state index in [1.165, 1.54) is 0 Å². The molecule has 0 aliphatic carbocycles. The van der Waals surface area contributed by atoms with Crippen LogP contribution in [0.3, 0.4) is 0 Å². The van der Waals surface area contributed by atoms with E-state index in [0.717, 1.165) is 23.4 Å². The number of rotatable bonds is 4. The van der Waals surface area contributed by atoms with Crippen molar-refractivity contribution in [2.75, 3.05) is 0 Å². The summed E-state index contributed by atoms with van der Waals surface area (Å²) in [6, 6.07) is 5.68. The van der Waals surface area contributed by atoms with Crippen molar-refractivity contribution >= 4 is 5.78 Å². The third-order valence-electron chi connectivity index (χ3n) is 2.93. The highest BCUT2D eigenvalue weighted by molar-refractivity contribution is 5.95. The Hall–Kier alpha value is -1.97. The summed E-state index contributed by atoms with van der Waals surface area (Å²) < 4.78 is 1.77. The van der Waals surface area contributed by atoms with Gasteiger partial charge in [0.1, 0.15) is 5.69 Å². The molecule has 2 rings (SSSR count). The third-order valence-corrected chi connectivity index (χ3v) is 2.93. The van der Waals surface area contributed by atoms with Crippen molar-refractivity contribution in [3.8, 4) is 0 Å². The van der Waals surface area contributed by atoms with Crippen molar-refractivity contribution in [2.24, 2.45) is 7.05 Å². The second-order valence-electron chi connectivity index (χ2n) is 4.42. The second kappa shape index (κ2) is 5.12. The molecule has 0 amide bonds. The van der Waals surface area contributed by atoms with Gasteiger partial charge in [0.25, 0.3) is 0 Å². The van der Waals surface area contributed by atoms with Crippen LogP contribution in [0.5, 0.6) is 0 Å². The molecule has 0 aliphatic rings. The Labute approximate surface area is 107 Å². The highest BCUT2D eigenvalue weighted by atomic mass is 16.1. The Morgan fingerprint density at radius 1 is 1.39 bits per heavy atom. The quantitative estimate of drug-likeness (QED) is 0.773. The van der Waals surface area contributed by atoms with E-state index < -0.39 is 0 Å². The standard InChI is InChI=1S/C14H17N3O/c1-4-11-8-12(17(3)16-11)9-14(18)13-7-10(2)5-6-15-13/h5-8H,4,9H2,1-3H3. The molecule has 0 spiro atoms. The lowest BCUT2D eigenvalue weighted by Crippen LogP contribution is -2.09. The molecule has 0 bridgehead atoms. The smallest absolute Gasteiger partial charge is 0.187 e. The number of Topliss-reactive ketones (excluding diaryl/α,β-unsaturated/α-hetero) is 1. The zero-order chi connectivity index (χ0) is 13.1. The van der Waals surface area contributed by atoms with E-state index in [1.54, 1.807) is 10.9 Å². The maximum Gasteiger partial charge on any atom is 0.187 e. The van der Waals surface area contributed by atoms with Gasteiger partial charge in [-0.1, -0.05) is 6.92 Å². The van der Waals surface area contributed by atoms with Crippen molar-refractivity contribution in [1.82, 2.24) is 14.8 Å². The minimum absolute atomic E-state index is 0.0318. The fourth-order valence-electron chi connectivity index (χ4n) is 1.85. The van der Waals surface area contributed by atoms with Gasteiger partial charge in [0.05, 0.1) is 12.1 Å². The zero-order valence-corrected chi connectivity index (χ0v) is 11.0. The van der Waals surface area contributed by atoms with Crippen molar-refractivity contribution < 1.29 is 4.79 Å². The normalized spacial score (nSPS) is 10.6. The predicted molar refractivity (Wildman–Crippen MR) is 69.6 cm³/mol. The minimum Gasteiger partial charge on any atom is -0.292 e. The molecule has 2 aromatic rings. The molecule has 18 heavy (non-hydrogen) atoms. The molecule has 0 saturated carbocycles. The van der Waals surface area contributed by atoms with Gasteiger partial charge >= 0.3 is 0 Å². The van der Waals surface area contributed by atoms with E-state index in [1.807, 2.05) is 32.2 Å². The van der Waals surface area contributed by atoms with Gasteiger partial charge in [-0.15, -0.1) is 0 Å². The Kier molecular flexibility index (Phi) is 3.55. The summed E-state index contributed by atoms with van der Waals surface area (Å²) in [6.07, 6.45) is 2.90. The molecule has 4 heteroatoms. The van der Waals surface area contributed by atoms with Crippen LogP contribution in [0.1, 0.15) is 34.4 Å². The Morgan fingerprint density at radius 3 is 2.78 bits per heavy atom. The molecular formula is C14H17N3O. The fraction of sp³-hybridized carbons (Fsp3) is 0.357. The lowest BCUT2D eigenvalue weighted by atomic mass is 10.1. The summed E-state index contributed by atoms with van der Waals surface area (Å²) in [4.78, 5) is 16.2. The first kappa shape index (κ1) is 12.5. The highest BCUT2D eigenvalue weighted by Crippen LogP contribution is 2.09. The number of aryl methyl sites for hydroxylation is 3. The van der Waals surface area contributed by atoms with Gasteiger partial charge < -0.3 is 0 Å². The molecular weight excluding hydrogens is 226 g/mol. The van der Waals surface area contributed by atoms with Gasteiger partial charge in [0, 0.05) is 18.9 Å². The van der Waals surface area contributed by atoms with Gasteiger partial charge in [-0.3, -0.25) is 14.5 Å². The molecule has 94 valence electrons. The third kappa shape index (κ3) is 2.64. The zero-order valence-electron chi connectivity index (χ0n) is 11.0. The van der Waals surface area contributed by atoms with Crippen LogP contribution in [-0.4, -0.2) is 20.5 Å². The average molecular weight is 243 g/mol. The number of ketones is 1. The van der Waals surface area contributed by atoms with E-state index in [-0.39, 0.29) is 5.78 Å². The first-order chi connectivity index (χ1) is 8.60. The van der Waals surface area contributed by atoms with Gasteiger partial charge in [-0.05, 0) is 37.1 Å². The predicted octanol–water partition coefficient (Wildman–Crippen LogP) is 2.11. The number of hydrogen-bond acceptors (Lipinski definition) is 3. The highest BCUT2D eigenvalue weighted by Gasteiger charge is 2.12. The molecule has 0 radical (unpaired) electrons. The van der Waals surface area contributed by atoms with Crippen LogP contribution in [0, 0.1) is 6.92 Å². The summed E-state index contributed by atoms with van der Waals surface area (Å²) in [7, 11) is 1.87. The van der Waals surface area contributed by atoms with Gasteiger partial charge in [0.2, 0.25) is 0 Å². The molecule has 0 fully saturated rings. The molecule has 4 nitrogen and oxygen atoms in total. The second-order valence-corrected chi connectivity index (χ2v) is 4.42. The lowest BCUT2D eigenvalue weighted by molar-refractivity contribution is 0.0986. The molecule has 2 aromatic heterocycles. The molecule has 0 aliphatic heterocycles. The molecule has 2 heterocycles. The summed E-state index contributed by atoms with van der Waals surface area (Å²) in [5.41, 5.74) is 3.51. The monoisotopic (exact) mass is 243 g/mol. The van der Waals surface area contributed by atoms with Crippen LogP contribution in [-0.2, 0) is 19.9 Å².